The van der Waals surface area contributed by atoms with Crippen LogP contribution >= 0.6 is 0 Å². The van der Waals surface area contributed by atoms with Gasteiger partial charge in [0.1, 0.15) is 11.5 Å². The number of hydrogen-bond donors (Lipinski definition) is 1. The van der Waals surface area contributed by atoms with Gasteiger partial charge in [0, 0.05) is 17.3 Å². The average molecular weight is 283 g/mol. The lowest BCUT2D eigenvalue weighted by Crippen LogP contribution is -2.14. The third kappa shape index (κ3) is 2.44. The molecule has 108 valence electrons. The summed E-state index contributed by atoms with van der Waals surface area (Å²) in [6, 6.07) is 10.8. The van der Waals surface area contributed by atoms with E-state index in [1.54, 1.807) is 31.4 Å². The summed E-state index contributed by atoms with van der Waals surface area (Å²) in [5.41, 5.74) is 8.51. The van der Waals surface area contributed by atoms with Gasteiger partial charge in [-0.25, -0.2) is 0 Å². The second-order valence-corrected chi connectivity index (χ2v) is 5.03. The van der Waals surface area contributed by atoms with Crippen LogP contribution in [0.2, 0.25) is 0 Å². The number of ketones is 1. The van der Waals surface area contributed by atoms with E-state index >= 15 is 0 Å². The molecule has 1 aliphatic rings. The number of ether oxygens (including phenoxy) is 2. The zero-order valence-electron chi connectivity index (χ0n) is 11.9. The molecule has 0 spiro atoms. The molecule has 4 nitrogen and oxygen atoms in total. The number of fused-ring (bicyclic) bond motifs is 1. The Labute approximate surface area is 123 Å². The second kappa shape index (κ2) is 5.48. The highest BCUT2D eigenvalue weighted by molar-refractivity contribution is 6.13. The monoisotopic (exact) mass is 283 g/mol. The van der Waals surface area contributed by atoms with E-state index in [4.69, 9.17) is 15.2 Å². The van der Waals surface area contributed by atoms with Crippen LogP contribution in [-0.4, -0.2) is 19.5 Å². The number of benzene rings is 2. The van der Waals surface area contributed by atoms with Gasteiger partial charge in [-0.15, -0.1) is 0 Å². The standard InChI is InChI=1S/C17H17NO3/c1-20-12-7-8-13(15(18)10-12)16(19)14-6-2-4-11-5-3-9-21-17(11)14/h2,4,6-8,10H,3,5,9,18H2,1H3. The van der Waals surface area contributed by atoms with Crippen molar-refractivity contribution in [3.8, 4) is 11.5 Å². The van der Waals surface area contributed by atoms with E-state index in [0.717, 1.165) is 18.4 Å². The largest absolute Gasteiger partial charge is 0.497 e. The molecule has 0 saturated carbocycles. The zero-order chi connectivity index (χ0) is 14.8. The Kier molecular flexibility index (Phi) is 3.52. The summed E-state index contributed by atoms with van der Waals surface area (Å²) in [5.74, 6) is 1.22. The first-order valence-electron chi connectivity index (χ1n) is 6.93. The summed E-state index contributed by atoms with van der Waals surface area (Å²) in [6.45, 7) is 0.648. The van der Waals surface area contributed by atoms with Crippen molar-refractivity contribution in [2.24, 2.45) is 0 Å². The molecule has 0 aromatic heterocycles. The van der Waals surface area contributed by atoms with Crippen LogP contribution < -0.4 is 15.2 Å². The molecule has 4 heteroatoms. The summed E-state index contributed by atoms with van der Waals surface area (Å²) in [4.78, 5) is 12.7. The van der Waals surface area contributed by atoms with Crippen LogP contribution in [0, 0.1) is 0 Å². The van der Waals surface area contributed by atoms with Gasteiger partial charge >= 0.3 is 0 Å². The number of nitrogen functional groups attached to an aromatic ring is 1. The van der Waals surface area contributed by atoms with Gasteiger partial charge in [-0.05, 0) is 36.6 Å². The number of anilines is 1. The zero-order valence-corrected chi connectivity index (χ0v) is 11.9. The average Bonchev–Trinajstić information content (AvgIpc) is 2.53. The molecule has 0 bridgehead atoms. The molecule has 1 heterocycles. The molecule has 0 aliphatic carbocycles. The number of para-hydroxylation sites is 1. The molecule has 0 unspecified atom stereocenters. The molecule has 0 radical (unpaired) electrons. The van der Waals surface area contributed by atoms with Gasteiger partial charge in [0.05, 0.1) is 19.3 Å². The summed E-state index contributed by atoms with van der Waals surface area (Å²) in [5, 5.41) is 0. The first-order chi connectivity index (χ1) is 10.2. The Morgan fingerprint density at radius 1 is 1.24 bits per heavy atom. The predicted molar refractivity (Wildman–Crippen MR) is 81.1 cm³/mol. The van der Waals surface area contributed by atoms with Gasteiger partial charge in [0.2, 0.25) is 0 Å². The van der Waals surface area contributed by atoms with Gasteiger partial charge in [-0.3, -0.25) is 4.79 Å². The van der Waals surface area contributed by atoms with Crippen molar-refractivity contribution >= 4 is 11.5 Å². The van der Waals surface area contributed by atoms with Crippen molar-refractivity contribution in [1.82, 2.24) is 0 Å². The third-order valence-electron chi connectivity index (χ3n) is 3.68. The normalized spacial score (nSPS) is 13.2. The van der Waals surface area contributed by atoms with E-state index in [1.807, 2.05) is 12.1 Å². The summed E-state index contributed by atoms with van der Waals surface area (Å²) in [6.07, 6.45) is 1.92. The first-order valence-corrected chi connectivity index (χ1v) is 6.93. The van der Waals surface area contributed by atoms with Crippen molar-refractivity contribution in [2.45, 2.75) is 12.8 Å². The number of hydrogen-bond acceptors (Lipinski definition) is 4. The number of methoxy groups -OCH3 is 1. The minimum Gasteiger partial charge on any atom is -0.497 e. The minimum absolute atomic E-state index is 0.117. The van der Waals surface area contributed by atoms with Gasteiger partial charge in [0.15, 0.2) is 5.78 Å². The fourth-order valence-corrected chi connectivity index (χ4v) is 2.59. The highest BCUT2D eigenvalue weighted by Crippen LogP contribution is 2.32. The molecule has 0 saturated heterocycles. The van der Waals surface area contributed by atoms with Crippen molar-refractivity contribution in [2.75, 3.05) is 19.5 Å². The van der Waals surface area contributed by atoms with E-state index in [2.05, 4.69) is 0 Å². The molecule has 0 amide bonds. The van der Waals surface area contributed by atoms with E-state index in [-0.39, 0.29) is 5.78 Å². The topological polar surface area (TPSA) is 61.5 Å². The number of carbonyl (C=O) groups is 1. The molecule has 21 heavy (non-hydrogen) atoms. The van der Waals surface area contributed by atoms with E-state index < -0.39 is 0 Å². The van der Waals surface area contributed by atoms with Gasteiger partial charge in [-0.1, -0.05) is 12.1 Å². The highest BCUT2D eigenvalue weighted by atomic mass is 16.5. The van der Waals surface area contributed by atoms with Crippen LogP contribution in [0.1, 0.15) is 27.9 Å². The van der Waals surface area contributed by atoms with E-state index in [1.165, 1.54) is 0 Å². The Morgan fingerprint density at radius 2 is 2.10 bits per heavy atom. The van der Waals surface area contributed by atoms with Crippen molar-refractivity contribution in [3.63, 3.8) is 0 Å². The number of aryl methyl sites for hydroxylation is 1. The molecular weight excluding hydrogens is 266 g/mol. The fraction of sp³-hybridized carbons (Fsp3) is 0.235. The van der Waals surface area contributed by atoms with Crippen LogP contribution in [0.15, 0.2) is 36.4 Å². The number of rotatable bonds is 3. The molecule has 2 aromatic rings. The van der Waals surface area contributed by atoms with Crippen LogP contribution in [0.4, 0.5) is 5.69 Å². The van der Waals surface area contributed by atoms with Crippen molar-refractivity contribution in [1.29, 1.82) is 0 Å². The molecule has 1 aliphatic heterocycles. The summed E-state index contributed by atoms with van der Waals surface area (Å²) in [7, 11) is 1.57. The quantitative estimate of drug-likeness (QED) is 0.695. The van der Waals surface area contributed by atoms with E-state index in [0.29, 0.717) is 34.9 Å². The van der Waals surface area contributed by atoms with Gasteiger partial charge in [0.25, 0.3) is 0 Å². The van der Waals surface area contributed by atoms with Crippen LogP contribution in [0.3, 0.4) is 0 Å². The smallest absolute Gasteiger partial charge is 0.198 e. The fourth-order valence-electron chi connectivity index (χ4n) is 2.59. The van der Waals surface area contributed by atoms with Crippen LogP contribution in [0.25, 0.3) is 0 Å². The molecular formula is C17H17NO3. The Morgan fingerprint density at radius 3 is 2.86 bits per heavy atom. The second-order valence-electron chi connectivity index (χ2n) is 5.03. The first kappa shape index (κ1) is 13.5. The van der Waals surface area contributed by atoms with Crippen LogP contribution in [-0.2, 0) is 6.42 Å². The molecule has 0 atom stereocenters. The van der Waals surface area contributed by atoms with Gasteiger partial charge in [-0.2, -0.15) is 0 Å². The van der Waals surface area contributed by atoms with E-state index in [9.17, 15) is 4.79 Å². The molecule has 2 aromatic carbocycles. The minimum atomic E-state index is -0.117. The summed E-state index contributed by atoms with van der Waals surface area (Å²) >= 11 is 0. The number of carbonyl (C=O) groups excluding carboxylic acids is 1. The Hall–Kier alpha value is -2.49. The summed E-state index contributed by atoms with van der Waals surface area (Å²) < 4.78 is 10.8. The Bertz CT molecular complexity index is 694. The maximum absolute atomic E-state index is 12.7. The Balaban J connectivity index is 2.03. The molecule has 0 fully saturated rings. The lowest BCUT2D eigenvalue weighted by Gasteiger charge is -2.20. The maximum Gasteiger partial charge on any atom is 0.198 e. The third-order valence-corrected chi connectivity index (χ3v) is 3.68. The number of nitrogens with two attached hydrogens (primary N) is 1. The maximum atomic E-state index is 12.7. The lowest BCUT2D eigenvalue weighted by atomic mass is 9.96. The van der Waals surface area contributed by atoms with Crippen molar-refractivity contribution < 1.29 is 14.3 Å². The van der Waals surface area contributed by atoms with Crippen LogP contribution in [0.5, 0.6) is 11.5 Å². The lowest BCUT2D eigenvalue weighted by molar-refractivity contribution is 0.103. The molecule has 2 N–H and O–H groups in total. The highest BCUT2D eigenvalue weighted by Gasteiger charge is 2.21. The predicted octanol–water partition coefficient (Wildman–Crippen LogP) is 2.83. The molecule has 3 rings (SSSR count). The van der Waals surface area contributed by atoms with Gasteiger partial charge < -0.3 is 15.2 Å². The SMILES string of the molecule is COc1ccc(C(=O)c2cccc3c2OCCC3)c(N)c1. The van der Waals surface area contributed by atoms with Crippen molar-refractivity contribution in [3.05, 3.63) is 53.1 Å².